The summed E-state index contributed by atoms with van der Waals surface area (Å²) >= 11 is 0. The molecule has 1 aromatic carbocycles. The van der Waals surface area contributed by atoms with E-state index in [1.807, 2.05) is 0 Å². The third-order valence-corrected chi connectivity index (χ3v) is 4.19. The van der Waals surface area contributed by atoms with Crippen molar-refractivity contribution < 1.29 is 9.84 Å². The summed E-state index contributed by atoms with van der Waals surface area (Å²) in [6, 6.07) is 8.72. The molecule has 0 spiro atoms. The van der Waals surface area contributed by atoms with Gasteiger partial charge in [-0.2, -0.15) is 0 Å². The Balaban J connectivity index is 0.00000264. The molecule has 1 heterocycles. The van der Waals surface area contributed by atoms with E-state index in [0.717, 1.165) is 45.6 Å². The van der Waals surface area contributed by atoms with Crippen LogP contribution >= 0.6 is 12.4 Å². The van der Waals surface area contributed by atoms with E-state index >= 15 is 0 Å². The molecule has 1 N–H and O–H groups in total. The number of unbranched alkanes of at least 4 members (excludes halogenated alkanes) is 1. The molecule has 1 saturated heterocycles. The number of hydrogen-bond acceptors (Lipinski definition) is 4. The summed E-state index contributed by atoms with van der Waals surface area (Å²) in [5.74, 6) is 0. The number of ether oxygens (including phenoxy) is 1. The zero-order valence-electron chi connectivity index (χ0n) is 14.4. The number of piperazine rings is 1. The van der Waals surface area contributed by atoms with Gasteiger partial charge in [-0.05, 0) is 25.5 Å². The predicted molar refractivity (Wildman–Crippen MR) is 98.8 cm³/mol. The Labute approximate surface area is 146 Å². The molecular formula is C18H31ClN2O2. The summed E-state index contributed by atoms with van der Waals surface area (Å²) in [5, 5.41) is 10.0. The third kappa shape index (κ3) is 7.08. The standard InChI is InChI=1S/C18H30N2O2.ClH/c1-3-4-13-22-15-18(21)14-19-9-11-20(12-10-19)17-7-5-16(2)6-8-17;/h5-8,18,21H,3-4,9-15H2,1-2H3;1H. The van der Waals surface area contributed by atoms with Gasteiger partial charge in [0.25, 0.3) is 0 Å². The number of halogens is 1. The Kier molecular flexibility index (Phi) is 9.56. The van der Waals surface area contributed by atoms with Gasteiger partial charge in [0.15, 0.2) is 0 Å². The van der Waals surface area contributed by atoms with Crippen molar-refractivity contribution in [3.63, 3.8) is 0 Å². The van der Waals surface area contributed by atoms with Crippen molar-refractivity contribution in [2.75, 3.05) is 50.8 Å². The SMILES string of the molecule is CCCCOCC(O)CN1CCN(c2ccc(C)cc2)CC1.Cl. The number of hydrogen-bond donors (Lipinski definition) is 1. The Bertz CT molecular complexity index is 420. The largest absolute Gasteiger partial charge is 0.389 e. The molecule has 23 heavy (non-hydrogen) atoms. The van der Waals surface area contributed by atoms with Gasteiger partial charge < -0.3 is 14.7 Å². The lowest BCUT2D eigenvalue weighted by atomic mass is 10.2. The highest BCUT2D eigenvalue weighted by atomic mass is 35.5. The molecule has 1 atom stereocenters. The van der Waals surface area contributed by atoms with Crippen molar-refractivity contribution in [2.45, 2.75) is 32.8 Å². The van der Waals surface area contributed by atoms with E-state index in [0.29, 0.717) is 13.2 Å². The van der Waals surface area contributed by atoms with E-state index in [-0.39, 0.29) is 18.5 Å². The Morgan fingerprint density at radius 3 is 2.39 bits per heavy atom. The minimum atomic E-state index is -0.372. The molecular weight excluding hydrogens is 312 g/mol. The average molecular weight is 343 g/mol. The van der Waals surface area contributed by atoms with E-state index in [9.17, 15) is 5.11 Å². The van der Waals surface area contributed by atoms with Gasteiger partial charge in [0.2, 0.25) is 0 Å². The molecule has 2 rings (SSSR count). The highest BCUT2D eigenvalue weighted by molar-refractivity contribution is 5.85. The monoisotopic (exact) mass is 342 g/mol. The molecule has 5 heteroatoms. The van der Waals surface area contributed by atoms with Crippen LogP contribution in [0, 0.1) is 6.92 Å². The molecule has 4 nitrogen and oxygen atoms in total. The van der Waals surface area contributed by atoms with E-state index in [4.69, 9.17) is 4.74 Å². The van der Waals surface area contributed by atoms with Gasteiger partial charge in [-0.25, -0.2) is 0 Å². The molecule has 0 radical (unpaired) electrons. The smallest absolute Gasteiger partial charge is 0.0900 e. The number of nitrogens with zero attached hydrogens (tertiary/aromatic N) is 2. The van der Waals surface area contributed by atoms with Crippen LogP contribution in [0.15, 0.2) is 24.3 Å². The summed E-state index contributed by atoms with van der Waals surface area (Å²) < 4.78 is 5.49. The lowest BCUT2D eigenvalue weighted by molar-refractivity contribution is 0.0150. The molecule has 0 aliphatic carbocycles. The van der Waals surface area contributed by atoms with Gasteiger partial charge >= 0.3 is 0 Å². The van der Waals surface area contributed by atoms with Crippen molar-refractivity contribution in [3.05, 3.63) is 29.8 Å². The minimum Gasteiger partial charge on any atom is -0.389 e. The van der Waals surface area contributed by atoms with Crippen LogP contribution in [0.1, 0.15) is 25.3 Å². The van der Waals surface area contributed by atoms with Crippen LogP contribution in [-0.4, -0.2) is 62.0 Å². The summed E-state index contributed by atoms with van der Waals surface area (Å²) in [5.41, 5.74) is 2.60. The summed E-state index contributed by atoms with van der Waals surface area (Å²) in [6.45, 7) is 10.2. The average Bonchev–Trinajstić information content (AvgIpc) is 2.53. The molecule has 0 bridgehead atoms. The molecule has 1 aromatic rings. The van der Waals surface area contributed by atoms with E-state index in [2.05, 4.69) is 47.9 Å². The number of anilines is 1. The van der Waals surface area contributed by atoms with E-state index in [1.165, 1.54) is 11.3 Å². The number of β-amino-alcohol motifs (C(OH)–C–C–N with tert-alkyl or cyclic N) is 1. The first-order chi connectivity index (χ1) is 10.7. The highest BCUT2D eigenvalue weighted by Crippen LogP contribution is 2.17. The van der Waals surface area contributed by atoms with Crippen molar-refractivity contribution in [1.29, 1.82) is 0 Å². The number of aliphatic hydroxyl groups excluding tert-OH is 1. The maximum Gasteiger partial charge on any atom is 0.0900 e. The van der Waals surface area contributed by atoms with Gasteiger partial charge in [0, 0.05) is 45.0 Å². The van der Waals surface area contributed by atoms with Crippen LogP contribution in [0.2, 0.25) is 0 Å². The fourth-order valence-corrected chi connectivity index (χ4v) is 2.76. The van der Waals surface area contributed by atoms with Crippen LogP contribution < -0.4 is 4.90 Å². The summed E-state index contributed by atoms with van der Waals surface area (Å²) in [4.78, 5) is 4.75. The number of aryl methyl sites for hydroxylation is 1. The predicted octanol–water partition coefficient (Wildman–Crippen LogP) is 2.72. The highest BCUT2D eigenvalue weighted by Gasteiger charge is 2.19. The number of aliphatic hydroxyl groups is 1. The molecule has 1 unspecified atom stereocenters. The second-order valence-electron chi connectivity index (χ2n) is 6.21. The van der Waals surface area contributed by atoms with Gasteiger partial charge in [-0.3, -0.25) is 4.90 Å². The Morgan fingerprint density at radius 2 is 1.78 bits per heavy atom. The van der Waals surface area contributed by atoms with E-state index in [1.54, 1.807) is 0 Å². The van der Waals surface area contributed by atoms with Gasteiger partial charge in [0.05, 0.1) is 12.7 Å². The zero-order chi connectivity index (χ0) is 15.8. The summed E-state index contributed by atoms with van der Waals surface area (Å²) in [7, 11) is 0. The van der Waals surface area contributed by atoms with Gasteiger partial charge in [-0.15, -0.1) is 12.4 Å². The van der Waals surface area contributed by atoms with Crippen molar-refractivity contribution in [2.24, 2.45) is 0 Å². The van der Waals surface area contributed by atoms with E-state index < -0.39 is 0 Å². The number of benzene rings is 1. The molecule has 1 fully saturated rings. The maximum atomic E-state index is 10.0. The normalized spacial score (nSPS) is 16.9. The fraction of sp³-hybridized carbons (Fsp3) is 0.667. The maximum absolute atomic E-state index is 10.0. The molecule has 132 valence electrons. The minimum absolute atomic E-state index is 0. The molecule has 0 aromatic heterocycles. The van der Waals surface area contributed by atoms with Crippen LogP contribution in [0.5, 0.6) is 0 Å². The second-order valence-corrected chi connectivity index (χ2v) is 6.21. The molecule has 1 aliphatic heterocycles. The van der Waals surface area contributed by atoms with Crippen LogP contribution in [-0.2, 0) is 4.74 Å². The third-order valence-electron chi connectivity index (χ3n) is 4.19. The quantitative estimate of drug-likeness (QED) is 0.737. The first-order valence-corrected chi connectivity index (χ1v) is 8.49. The Morgan fingerprint density at radius 1 is 1.13 bits per heavy atom. The molecule has 1 aliphatic rings. The van der Waals surface area contributed by atoms with Crippen LogP contribution in [0.4, 0.5) is 5.69 Å². The lowest BCUT2D eigenvalue weighted by Gasteiger charge is -2.36. The molecule has 0 saturated carbocycles. The molecule has 0 amide bonds. The lowest BCUT2D eigenvalue weighted by Crippen LogP contribution is -2.49. The first kappa shape index (κ1) is 20.2. The van der Waals surface area contributed by atoms with Crippen molar-refractivity contribution in [3.8, 4) is 0 Å². The van der Waals surface area contributed by atoms with Gasteiger partial charge in [0.1, 0.15) is 0 Å². The van der Waals surface area contributed by atoms with Crippen molar-refractivity contribution in [1.82, 2.24) is 4.90 Å². The van der Waals surface area contributed by atoms with Crippen molar-refractivity contribution >= 4 is 18.1 Å². The van der Waals surface area contributed by atoms with Crippen LogP contribution in [0.25, 0.3) is 0 Å². The Hall–Kier alpha value is -0.810. The van der Waals surface area contributed by atoms with Crippen LogP contribution in [0.3, 0.4) is 0 Å². The summed E-state index contributed by atoms with van der Waals surface area (Å²) in [6.07, 6.45) is 1.83. The number of rotatable bonds is 8. The topological polar surface area (TPSA) is 35.9 Å². The van der Waals surface area contributed by atoms with Gasteiger partial charge in [-0.1, -0.05) is 31.0 Å². The zero-order valence-corrected chi connectivity index (χ0v) is 15.2. The first-order valence-electron chi connectivity index (χ1n) is 8.49. The fourth-order valence-electron chi connectivity index (χ4n) is 2.76. The second kappa shape index (κ2) is 10.9.